The van der Waals surface area contributed by atoms with E-state index in [0.29, 0.717) is 0 Å². The quantitative estimate of drug-likeness (QED) is 0.162. The van der Waals surface area contributed by atoms with Gasteiger partial charge in [0.15, 0.2) is 0 Å². The van der Waals surface area contributed by atoms with Gasteiger partial charge in [-0.3, -0.25) is 0 Å². The first-order valence-electron chi connectivity index (χ1n) is 19.9. The molecule has 2 aromatic rings. The monoisotopic (exact) mass is 721 g/mol. The van der Waals surface area contributed by atoms with Crippen LogP contribution in [0, 0.1) is 0 Å². The Hall–Kier alpha value is -0.780. The van der Waals surface area contributed by atoms with Crippen LogP contribution >= 0.6 is 0 Å². The molecule has 0 amide bonds. The molecule has 50 heavy (non-hydrogen) atoms. The van der Waals surface area contributed by atoms with Crippen LogP contribution < -0.4 is 9.97 Å². The van der Waals surface area contributed by atoms with E-state index in [4.69, 9.17) is 24.7 Å². The fraction of sp³-hybridized carbons (Fsp3) is 0.818. The van der Waals surface area contributed by atoms with Crippen molar-refractivity contribution in [1.82, 2.24) is 19.9 Å². The van der Waals surface area contributed by atoms with Crippen LogP contribution in [0.5, 0.6) is 0 Å². The van der Waals surface area contributed by atoms with E-state index in [-0.39, 0.29) is 70.2 Å². The van der Waals surface area contributed by atoms with Crippen LogP contribution in [0.4, 0.5) is 0 Å². The van der Waals surface area contributed by atoms with E-state index in [1.54, 1.807) is 6.26 Å². The second-order valence-electron chi connectivity index (χ2n) is 18.5. The molecule has 0 atom stereocenters. The van der Waals surface area contributed by atoms with Crippen LogP contribution in [0.15, 0.2) is 12.3 Å². The van der Waals surface area contributed by atoms with Gasteiger partial charge >= 0.3 is 37.7 Å². The zero-order chi connectivity index (χ0) is 37.9. The molecule has 1 aliphatic heterocycles. The molecule has 0 N–H and O–H groups in total. The Bertz CT molecular complexity index is 1110. The summed E-state index contributed by atoms with van der Waals surface area (Å²) in [4.78, 5) is 20.3. The molecule has 0 bridgehead atoms. The van der Waals surface area contributed by atoms with E-state index in [0.717, 1.165) is 63.2 Å². The Morgan fingerprint density at radius 1 is 0.520 bits per heavy atom. The van der Waals surface area contributed by atoms with E-state index in [9.17, 15) is 0 Å². The molecule has 284 valence electrons. The summed E-state index contributed by atoms with van der Waals surface area (Å²) in [5.74, 6) is 2.07. The van der Waals surface area contributed by atoms with Crippen LogP contribution in [0.1, 0.15) is 230 Å². The summed E-state index contributed by atoms with van der Waals surface area (Å²) in [7, 11) is 0. The number of aromatic nitrogens is 4. The van der Waals surface area contributed by atoms with Crippen LogP contribution in [0.3, 0.4) is 0 Å². The summed E-state index contributed by atoms with van der Waals surface area (Å²) in [6.07, 6.45) is 16.3. The van der Waals surface area contributed by atoms with Crippen molar-refractivity contribution in [1.29, 1.82) is 0 Å². The first kappa shape index (κ1) is 49.2. The molecule has 0 fully saturated rings. The van der Waals surface area contributed by atoms with Gasteiger partial charge in [-0.15, -0.1) is 0 Å². The van der Waals surface area contributed by atoms with Crippen molar-refractivity contribution < 1.29 is 4.74 Å². The molecule has 0 radical (unpaired) electrons. The maximum absolute atomic E-state index is 5.08. The Morgan fingerprint density at radius 2 is 0.840 bits per heavy atom. The zero-order valence-corrected chi connectivity index (χ0v) is 38.8. The summed E-state index contributed by atoms with van der Waals surface area (Å²) >= 11 is 0. The number of nitrogens with zero attached hydrogens (tertiary/aromatic N) is 4. The molecule has 3 heterocycles. The minimum atomic E-state index is 0. The van der Waals surface area contributed by atoms with Gasteiger partial charge in [0, 0.05) is 6.42 Å². The largest absolute Gasteiger partial charge is 2.00 e. The molecule has 1 aliphatic rings. The molecule has 0 spiro atoms. The average molecular weight is 721 g/mol. The van der Waals surface area contributed by atoms with E-state index in [1.807, 2.05) is 6.08 Å². The Morgan fingerprint density at radius 3 is 1.06 bits per heavy atom. The van der Waals surface area contributed by atoms with E-state index in [1.165, 1.54) is 48.5 Å². The van der Waals surface area contributed by atoms with Crippen LogP contribution in [-0.2, 0) is 37.2 Å². The molecule has 3 rings (SSSR count). The van der Waals surface area contributed by atoms with Crippen molar-refractivity contribution in [3.63, 3.8) is 0 Å². The minimum Gasteiger partial charge on any atom is -0.501 e. The maximum Gasteiger partial charge on any atom is 2.00 e. The molecule has 6 heteroatoms. The third-order valence-corrected chi connectivity index (χ3v) is 11.0. The maximum atomic E-state index is 5.08. The van der Waals surface area contributed by atoms with Gasteiger partial charge in [-0.25, -0.2) is 0 Å². The summed E-state index contributed by atoms with van der Waals surface area (Å²) in [5, 5.41) is 0. The fourth-order valence-corrected chi connectivity index (χ4v) is 6.81. The summed E-state index contributed by atoms with van der Waals surface area (Å²) in [6, 6.07) is 0. The third-order valence-electron chi connectivity index (χ3n) is 11.0. The number of imidazole rings is 2. The Kier molecular flexibility index (Phi) is 20.3. The predicted octanol–water partition coefficient (Wildman–Crippen LogP) is 12.3. The number of hydrogen-bond acceptors (Lipinski definition) is 3. The average Bonchev–Trinajstić information content (AvgIpc) is 3.80. The molecule has 2 aromatic heterocycles. The standard InChI is InChI=1S/2C20H37N2.C4H6O.Ca/c2*1-10-13-19(6,7)15-16(20(8,9)14-11-2)22-17(21-15)18(4,5)12-3;1-2-4-5-3-1;/h2*10-14H2,1-9H3;1,3H,2,4H2;/q2*-1;;+2. The Balaban J connectivity index is 0.000000824. The fourth-order valence-electron chi connectivity index (χ4n) is 6.81. The summed E-state index contributed by atoms with van der Waals surface area (Å²) in [5.41, 5.74) is 5.47. The van der Waals surface area contributed by atoms with Gasteiger partial charge < -0.3 is 24.7 Å². The molecule has 0 unspecified atom stereocenters. The third kappa shape index (κ3) is 13.6. The van der Waals surface area contributed by atoms with Gasteiger partial charge in [0.1, 0.15) is 0 Å². The summed E-state index contributed by atoms with van der Waals surface area (Å²) < 4.78 is 4.76. The molecule has 0 saturated heterocycles. The van der Waals surface area contributed by atoms with Gasteiger partial charge in [0.05, 0.1) is 12.9 Å². The number of rotatable bonds is 16. The first-order valence-corrected chi connectivity index (χ1v) is 19.9. The number of ether oxygens (including phenoxy) is 1. The minimum absolute atomic E-state index is 0. The van der Waals surface area contributed by atoms with E-state index >= 15 is 0 Å². The van der Waals surface area contributed by atoms with Crippen molar-refractivity contribution in [2.45, 2.75) is 228 Å². The van der Waals surface area contributed by atoms with Crippen LogP contribution in [0.2, 0.25) is 0 Å². The van der Waals surface area contributed by atoms with Gasteiger partial charge in [-0.1, -0.05) is 185 Å². The Labute approximate surface area is 341 Å². The molecule has 5 nitrogen and oxygen atoms in total. The normalized spacial score (nSPS) is 14.0. The second-order valence-corrected chi connectivity index (χ2v) is 18.5. The van der Waals surface area contributed by atoms with Gasteiger partial charge in [0.2, 0.25) is 0 Å². The molecule has 0 aliphatic carbocycles. The topological polar surface area (TPSA) is 63.2 Å². The molecule has 0 saturated carbocycles. The molecule has 0 aromatic carbocycles. The summed E-state index contributed by atoms with van der Waals surface area (Å²) in [6.45, 7) is 42.0. The molecular formula is C44H80CaN4O. The van der Waals surface area contributed by atoms with Gasteiger partial charge in [-0.2, -0.15) is 0 Å². The van der Waals surface area contributed by atoms with E-state index in [2.05, 4.69) is 125 Å². The van der Waals surface area contributed by atoms with Gasteiger partial charge in [-0.05, 0) is 77.1 Å². The van der Waals surface area contributed by atoms with Crippen molar-refractivity contribution in [3.05, 3.63) is 46.8 Å². The van der Waals surface area contributed by atoms with Gasteiger partial charge in [0.25, 0.3) is 0 Å². The van der Waals surface area contributed by atoms with Crippen molar-refractivity contribution in [2.75, 3.05) is 6.61 Å². The van der Waals surface area contributed by atoms with Crippen molar-refractivity contribution in [2.24, 2.45) is 0 Å². The smallest absolute Gasteiger partial charge is 0.501 e. The zero-order valence-electron chi connectivity index (χ0n) is 36.5. The van der Waals surface area contributed by atoms with Crippen LogP contribution in [-0.4, -0.2) is 54.3 Å². The second kappa shape index (κ2) is 20.6. The first-order chi connectivity index (χ1) is 22.5. The molecular weight excluding hydrogens is 641 g/mol. The predicted molar refractivity (Wildman–Crippen MR) is 219 cm³/mol. The van der Waals surface area contributed by atoms with Crippen LogP contribution in [0.25, 0.3) is 0 Å². The van der Waals surface area contributed by atoms with E-state index < -0.39 is 0 Å². The van der Waals surface area contributed by atoms with Crippen molar-refractivity contribution in [3.8, 4) is 0 Å². The SMILES string of the molecule is C1=COCC1.CCCC(C)(C)c1nc(C(C)(C)CC)[n-]c1C(C)(C)CCC.CCCC(C)(C)c1nc(C(C)(C)CC)[n-]c1C(C)(C)CCC.[Ca+2]. The van der Waals surface area contributed by atoms with Crippen molar-refractivity contribution >= 4 is 37.7 Å². The number of hydrogen-bond donors (Lipinski definition) is 0.